The Morgan fingerprint density at radius 1 is 1.29 bits per heavy atom. The van der Waals surface area contributed by atoms with E-state index in [-0.39, 0.29) is 16.3 Å². The second-order valence-electron chi connectivity index (χ2n) is 2.68. The van der Waals surface area contributed by atoms with Crippen molar-refractivity contribution in [1.29, 1.82) is 0 Å². The van der Waals surface area contributed by atoms with Crippen LogP contribution in [0.5, 0.6) is 5.75 Å². The summed E-state index contributed by atoms with van der Waals surface area (Å²) in [6.45, 7) is 0. The summed E-state index contributed by atoms with van der Waals surface area (Å²) in [5.41, 5.74) is 4.73. The zero-order valence-electron chi connectivity index (χ0n) is 6.85. The Kier molecular flexibility index (Phi) is 3.10. The van der Waals surface area contributed by atoms with Crippen LogP contribution in [0.3, 0.4) is 0 Å². The number of halogens is 4. The summed E-state index contributed by atoms with van der Waals surface area (Å²) in [6.07, 6.45) is -5.63. The smallest absolute Gasteiger partial charge is 0.273 e. The van der Waals surface area contributed by atoms with Crippen LogP contribution < -0.4 is 5.73 Å². The monoisotopic (exact) mass is 225 g/mol. The van der Waals surface area contributed by atoms with Crippen molar-refractivity contribution in [3.63, 3.8) is 0 Å². The Labute approximate surface area is 83.1 Å². The summed E-state index contributed by atoms with van der Waals surface area (Å²) in [7, 11) is 0. The van der Waals surface area contributed by atoms with Crippen molar-refractivity contribution in [3.8, 4) is 5.75 Å². The summed E-state index contributed by atoms with van der Waals surface area (Å²) >= 11 is 5.45. The number of aromatic hydroxyl groups is 1. The van der Waals surface area contributed by atoms with E-state index in [4.69, 9.17) is 22.4 Å². The molecule has 0 bridgehead atoms. The lowest BCUT2D eigenvalue weighted by molar-refractivity contribution is 0.0495. The molecule has 1 atom stereocenters. The molecule has 1 aromatic rings. The number of nitrogen functional groups attached to an aromatic ring is 1. The van der Waals surface area contributed by atoms with Gasteiger partial charge in [0.1, 0.15) is 10.8 Å². The molecule has 0 aliphatic carbocycles. The van der Waals surface area contributed by atoms with Gasteiger partial charge in [0.2, 0.25) is 0 Å². The minimum absolute atomic E-state index is 0.134. The number of hydrogen-bond donors (Lipinski definition) is 2. The first-order chi connectivity index (χ1) is 6.43. The minimum atomic E-state index is -3.16. The van der Waals surface area contributed by atoms with Gasteiger partial charge in [-0.25, -0.2) is 13.2 Å². The topological polar surface area (TPSA) is 46.2 Å². The SMILES string of the molecule is Nc1cc(C(F)C(F)F)cc(O)c1Cl. The molecule has 0 aromatic heterocycles. The number of phenolic OH excluding ortho intramolecular Hbond substituents is 1. The van der Waals surface area contributed by atoms with Crippen LogP contribution >= 0.6 is 11.6 Å². The van der Waals surface area contributed by atoms with Gasteiger partial charge >= 0.3 is 0 Å². The highest BCUT2D eigenvalue weighted by Crippen LogP contribution is 2.35. The first-order valence-corrected chi connectivity index (χ1v) is 4.01. The molecular weight excluding hydrogens is 219 g/mol. The molecule has 0 radical (unpaired) electrons. The number of anilines is 1. The van der Waals surface area contributed by atoms with Crippen molar-refractivity contribution in [2.75, 3.05) is 5.73 Å². The van der Waals surface area contributed by atoms with Crippen LogP contribution in [0.2, 0.25) is 5.02 Å². The Morgan fingerprint density at radius 3 is 2.29 bits per heavy atom. The third-order valence-electron chi connectivity index (χ3n) is 1.64. The van der Waals surface area contributed by atoms with Crippen LogP contribution in [0.25, 0.3) is 0 Å². The number of rotatable bonds is 2. The van der Waals surface area contributed by atoms with E-state index in [0.29, 0.717) is 0 Å². The summed E-state index contributed by atoms with van der Waals surface area (Å²) in [5, 5.41) is 8.92. The van der Waals surface area contributed by atoms with E-state index in [1.807, 2.05) is 0 Å². The van der Waals surface area contributed by atoms with Gasteiger partial charge < -0.3 is 10.8 Å². The largest absolute Gasteiger partial charge is 0.506 e. The molecule has 0 spiro atoms. The molecule has 0 saturated heterocycles. The first-order valence-electron chi connectivity index (χ1n) is 3.63. The summed E-state index contributed by atoms with van der Waals surface area (Å²) in [5.74, 6) is -0.509. The van der Waals surface area contributed by atoms with Crippen molar-refractivity contribution in [1.82, 2.24) is 0 Å². The highest BCUT2D eigenvalue weighted by molar-refractivity contribution is 6.34. The maximum atomic E-state index is 12.8. The van der Waals surface area contributed by atoms with Gasteiger partial charge in [-0.15, -0.1) is 0 Å². The van der Waals surface area contributed by atoms with Crippen molar-refractivity contribution >= 4 is 17.3 Å². The highest BCUT2D eigenvalue weighted by atomic mass is 35.5. The molecule has 0 fully saturated rings. The molecule has 0 saturated carbocycles. The molecule has 3 N–H and O–H groups in total. The lowest BCUT2D eigenvalue weighted by Crippen LogP contribution is -2.04. The quantitative estimate of drug-likeness (QED) is 0.761. The normalized spacial score (nSPS) is 13.2. The first kappa shape index (κ1) is 11.0. The number of phenols is 1. The lowest BCUT2D eigenvalue weighted by Gasteiger charge is -2.09. The molecular formula is C8H7ClF3NO. The fraction of sp³-hybridized carbons (Fsp3) is 0.250. The van der Waals surface area contributed by atoms with Gasteiger partial charge in [-0.2, -0.15) is 0 Å². The standard InChI is InChI=1S/C8H7ClF3NO/c9-6-4(13)1-3(2-5(6)14)7(10)8(11)12/h1-2,7-8,14H,13H2. The molecule has 0 aliphatic heterocycles. The van der Waals surface area contributed by atoms with Crippen LogP contribution in [-0.2, 0) is 0 Å². The molecule has 0 heterocycles. The number of hydrogen-bond acceptors (Lipinski definition) is 2. The Balaban J connectivity index is 3.12. The molecule has 14 heavy (non-hydrogen) atoms. The molecule has 1 aromatic carbocycles. The van der Waals surface area contributed by atoms with Gasteiger partial charge in [-0.3, -0.25) is 0 Å². The second-order valence-corrected chi connectivity index (χ2v) is 3.06. The Morgan fingerprint density at radius 2 is 1.86 bits per heavy atom. The van der Waals surface area contributed by atoms with Gasteiger partial charge in [-0.1, -0.05) is 11.6 Å². The van der Waals surface area contributed by atoms with Crippen molar-refractivity contribution in [2.24, 2.45) is 0 Å². The van der Waals surface area contributed by atoms with E-state index in [2.05, 4.69) is 0 Å². The van der Waals surface area contributed by atoms with Gasteiger partial charge in [0.05, 0.1) is 5.69 Å². The van der Waals surface area contributed by atoms with E-state index in [1.165, 1.54) is 0 Å². The molecule has 0 aliphatic rings. The zero-order chi connectivity index (χ0) is 10.9. The van der Waals surface area contributed by atoms with Gasteiger partial charge in [0.15, 0.2) is 6.17 Å². The Bertz CT molecular complexity index is 322. The number of alkyl halides is 3. The number of benzene rings is 1. The van der Waals surface area contributed by atoms with Crippen LogP contribution in [0.1, 0.15) is 11.7 Å². The van der Waals surface area contributed by atoms with Crippen molar-refractivity contribution in [3.05, 3.63) is 22.7 Å². The van der Waals surface area contributed by atoms with Crippen LogP contribution in [0.15, 0.2) is 12.1 Å². The molecule has 6 heteroatoms. The van der Waals surface area contributed by atoms with E-state index in [1.54, 1.807) is 0 Å². The summed E-state index contributed by atoms with van der Waals surface area (Å²) in [4.78, 5) is 0. The summed E-state index contributed by atoms with van der Waals surface area (Å²) < 4.78 is 36.7. The molecule has 2 nitrogen and oxygen atoms in total. The highest BCUT2D eigenvalue weighted by Gasteiger charge is 2.23. The van der Waals surface area contributed by atoms with E-state index < -0.39 is 18.3 Å². The maximum absolute atomic E-state index is 12.8. The molecule has 0 amide bonds. The van der Waals surface area contributed by atoms with E-state index >= 15 is 0 Å². The van der Waals surface area contributed by atoms with Crippen LogP contribution in [0, 0.1) is 0 Å². The maximum Gasteiger partial charge on any atom is 0.273 e. The Hall–Kier alpha value is -1.10. The van der Waals surface area contributed by atoms with Gasteiger partial charge in [-0.05, 0) is 17.7 Å². The van der Waals surface area contributed by atoms with E-state index in [9.17, 15) is 13.2 Å². The third kappa shape index (κ3) is 2.04. The number of nitrogens with two attached hydrogens (primary N) is 1. The minimum Gasteiger partial charge on any atom is -0.506 e. The average Bonchev–Trinajstić information content (AvgIpc) is 2.12. The average molecular weight is 226 g/mol. The van der Waals surface area contributed by atoms with Crippen molar-refractivity contribution in [2.45, 2.75) is 12.6 Å². The van der Waals surface area contributed by atoms with Gasteiger partial charge in [0.25, 0.3) is 6.43 Å². The van der Waals surface area contributed by atoms with E-state index in [0.717, 1.165) is 12.1 Å². The lowest BCUT2D eigenvalue weighted by atomic mass is 10.1. The summed E-state index contributed by atoms with van der Waals surface area (Å²) in [6, 6.07) is 1.80. The fourth-order valence-electron chi connectivity index (χ4n) is 0.958. The second kappa shape index (κ2) is 3.96. The van der Waals surface area contributed by atoms with Gasteiger partial charge in [0, 0.05) is 0 Å². The predicted molar refractivity (Wildman–Crippen MR) is 47.4 cm³/mol. The molecule has 1 rings (SSSR count). The fourth-order valence-corrected chi connectivity index (χ4v) is 1.07. The van der Waals surface area contributed by atoms with Crippen LogP contribution in [0.4, 0.5) is 18.9 Å². The molecule has 78 valence electrons. The molecule has 1 unspecified atom stereocenters. The third-order valence-corrected chi connectivity index (χ3v) is 2.06. The van der Waals surface area contributed by atoms with Crippen molar-refractivity contribution < 1.29 is 18.3 Å². The zero-order valence-corrected chi connectivity index (χ0v) is 7.60. The predicted octanol–water partition coefficient (Wildman–Crippen LogP) is 2.90. The van der Waals surface area contributed by atoms with Crippen LogP contribution in [-0.4, -0.2) is 11.5 Å².